The van der Waals surface area contributed by atoms with Crippen LogP contribution in [0.5, 0.6) is 0 Å². The summed E-state index contributed by atoms with van der Waals surface area (Å²) in [4.78, 5) is 17.4. The van der Waals surface area contributed by atoms with Gasteiger partial charge < -0.3 is 19.9 Å². The minimum absolute atomic E-state index is 0.0845. The van der Waals surface area contributed by atoms with Gasteiger partial charge in [0.2, 0.25) is 0 Å². The topological polar surface area (TPSA) is 61.9 Å². The van der Waals surface area contributed by atoms with E-state index in [0.29, 0.717) is 6.61 Å². The van der Waals surface area contributed by atoms with Gasteiger partial charge in [-0.1, -0.05) is 30.3 Å². The van der Waals surface area contributed by atoms with E-state index in [1.165, 1.54) is 22.2 Å². The highest BCUT2D eigenvalue weighted by atomic mass is 16.5. The van der Waals surface area contributed by atoms with Crippen LogP contribution in [0.2, 0.25) is 0 Å². The van der Waals surface area contributed by atoms with Gasteiger partial charge in [0.15, 0.2) is 6.04 Å². The standard InChI is InChI=1S/C22H25N3O2/c1-25(2)16-9-7-15(8-10-16)18(13-24-21-11-12-27-22(21)26)19-14-23-20-6-4-3-5-17(19)20/h3-10,14,18,21,23-24H,11-13H2,1-2H3/p+1/t18-,21-/m1/s1. The van der Waals surface area contributed by atoms with Crippen LogP contribution in [0.3, 0.4) is 0 Å². The number of hydrogen-bond donors (Lipinski definition) is 2. The van der Waals surface area contributed by atoms with Gasteiger partial charge in [0.25, 0.3) is 0 Å². The van der Waals surface area contributed by atoms with Gasteiger partial charge in [-0.15, -0.1) is 0 Å². The summed E-state index contributed by atoms with van der Waals surface area (Å²) in [5.74, 6) is 0.112. The number of quaternary nitrogens is 1. The Labute approximate surface area is 159 Å². The van der Waals surface area contributed by atoms with Gasteiger partial charge in [0.1, 0.15) is 0 Å². The van der Waals surface area contributed by atoms with Crippen molar-refractivity contribution in [3.63, 3.8) is 0 Å². The number of nitrogens with two attached hydrogens (primary N) is 1. The van der Waals surface area contributed by atoms with Gasteiger partial charge in [0, 0.05) is 43.3 Å². The molecule has 1 fully saturated rings. The molecule has 1 aliphatic heterocycles. The van der Waals surface area contributed by atoms with Crippen molar-refractivity contribution in [3.8, 4) is 0 Å². The number of carbonyl (C=O) groups excluding carboxylic acids is 1. The molecule has 0 radical (unpaired) electrons. The highest BCUT2D eigenvalue weighted by Gasteiger charge is 2.31. The Morgan fingerprint density at radius 2 is 1.96 bits per heavy atom. The Morgan fingerprint density at radius 1 is 1.19 bits per heavy atom. The van der Waals surface area contributed by atoms with Crippen molar-refractivity contribution >= 4 is 22.6 Å². The number of cyclic esters (lactones) is 1. The second-order valence-corrected chi connectivity index (χ2v) is 7.36. The number of nitrogens with one attached hydrogen (secondary N) is 1. The minimum atomic E-state index is -0.0874. The average Bonchev–Trinajstić information content (AvgIpc) is 3.29. The molecule has 1 aromatic heterocycles. The molecule has 2 aromatic carbocycles. The smallest absolute Gasteiger partial charge is 0.364 e. The number of hydrogen-bond acceptors (Lipinski definition) is 3. The number of ether oxygens (including phenoxy) is 1. The number of aromatic nitrogens is 1. The Bertz CT molecular complexity index is 930. The molecule has 5 heteroatoms. The van der Waals surface area contributed by atoms with Crippen molar-refractivity contribution < 1.29 is 14.8 Å². The van der Waals surface area contributed by atoms with E-state index in [0.717, 1.165) is 18.5 Å². The number of H-pyrrole nitrogens is 1. The Hall–Kier alpha value is -2.79. The zero-order chi connectivity index (χ0) is 18.8. The first-order chi connectivity index (χ1) is 13.1. The molecule has 0 aliphatic carbocycles. The fourth-order valence-corrected chi connectivity index (χ4v) is 3.86. The molecule has 3 aromatic rings. The second-order valence-electron chi connectivity index (χ2n) is 7.36. The van der Waals surface area contributed by atoms with Gasteiger partial charge in [-0.2, -0.15) is 0 Å². The molecule has 0 unspecified atom stereocenters. The second kappa shape index (κ2) is 7.45. The SMILES string of the molecule is CN(C)c1ccc([C@@H](C[NH2+][C@@H]2CCOC2=O)c2c[nH]c3ccccc23)cc1. The molecule has 1 aliphatic rings. The van der Waals surface area contributed by atoms with Crippen LogP contribution < -0.4 is 10.2 Å². The molecule has 1 saturated heterocycles. The normalized spacial score (nSPS) is 17.9. The highest BCUT2D eigenvalue weighted by molar-refractivity contribution is 5.84. The van der Waals surface area contributed by atoms with Gasteiger partial charge in [-0.25, -0.2) is 4.79 Å². The van der Waals surface area contributed by atoms with E-state index >= 15 is 0 Å². The van der Waals surface area contributed by atoms with E-state index in [1.54, 1.807) is 0 Å². The van der Waals surface area contributed by atoms with E-state index in [-0.39, 0.29) is 17.9 Å². The maximum Gasteiger partial charge on any atom is 0.364 e. The molecule has 0 bridgehead atoms. The molecular weight excluding hydrogens is 338 g/mol. The molecule has 4 rings (SSSR count). The summed E-state index contributed by atoms with van der Waals surface area (Å²) in [5, 5.41) is 3.38. The van der Waals surface area contributed by atoms with E-state index in [4.69, 9.17) is 4.74 Å². The Balaban J connectivity index is 1.67. The largest absolute Gasteiger partial charge is 0.461 e. The van der Waals surface area contributed by atoms with E-state index in [2.05, 4.69) is 63.9 Å². The summed E-state index contributed by atoms with van der Waals surface area (Å²) in [6.07, 6.45) is 2.90. The minimum Gasteiger partial charge on any atom is -0.461 e. The predicted octanol–water partition coefficient (Wildman–Crippen LogP) is 2.24. The van der Waals surface area contributed by atoms with Crippen LogP contribution in [0.25, 0.3) is 10.9 Å². The summed E-state index contributed by atoms with van der Waals surface area (Å²) in [5.41, 5.74) is 4.85. The molecule has 3 N–H and O–H groups in total. The van der Waals surface area contributed by atoms with E-state index in [9.17, 15) is 4.79 Å². The van der Waals surface area contributed by atoms with Crippen molar-refractivity contribution in [3.05, 3.63) is 65.9 Å². The van der Waals surface area contributed by atoms with Gasteiger partial charge in [-0.05, 0) is 29.3 Å². The zero-order valence-electron chi connectivity index (χ0n) is 15.8. The molecule has 0 amide bonds. The lowest BCUT2D eigenvalue weighted by atomic mass is 9.90. The van der Waals surface area contributed by atoms with Gasteiger partial charge >= 0.3 is 5.97 Å². The quantitative estimate of drug-likeness (QED) is 0.660. The summed E-state index contributed by atoms with van der Waals surface area (Å²) in [6.45, 7) is 1.35. The Kier molecular flexibility index (Phi) is 4.86. The number of para-hydroxylation sites is 1. The predicted molar refractivity (Wildman–Crippen MR) is 107 cm³/mol. The summed E-state index contributed by atoms with van der Waals surface area (Å²) in [7, 11) is 4.09. The van der Waals surface area contributed by atoms with Crippen molar-refractivity contribution in [1.29, 1.82) is 0 Å². The third-order valence-corrected chi connectivity index (χ3v) is 5.44. The molecule has 2 atom stereocenters. The maximum atomic E-state index is 11.9. The van der Waals surface area contributed by atoms with Crippen LogP contribution in [0.15, 0.2) is 54.7 Å². The van der Waals surface area contributed by atoms with Crippen LogP contribution in [-0.2, 0) is 9.53 Å². The molecular formula is C22H26N3O2+. The number of esters is 1. The summed E-state index contributed by atoms with van der Waals surface area (Å²) >= 11 is 0. The Morgan fingerprint density at radius 3 is 2.67 bits per heavy atom. The van der Waals surface area contributed by atoms with Crippen molar-refractivity contribution in [2.45, 2.75) is 18.4 Å². The van der Waals surface area contributed by atoms with Crippen molar-refractivity contribution in [2.24, 2.45) is 0 Å². The van der Waals surface area contributed by atoms with Crippen molar-refractivity contribution in [1.82, 2.24) is 4.98 Å². The maximum absolute atomic E-state index is 11.9. The number of fused-ring (bicyclic) bond motifs is 1. The molecule has 2 heterocycles. The summed E-state index contributed by atoms with van der Waals surface area (Å²) < 4.78 is 5.12. The monoisotopic (exact) mass is 364 g/mol. The van der Waals surface area contributed by atoms with Gasteiger partial charge in [0.05, 0.1) is 19.1 Å². The summed E-state index contributed by atoms with van der Waals surface area (Å²) in [6, 6.07) is 17.0. The van der Waals surface area contributed by atoms with Gasteiger partial charge in [-0.3, -0.25) is 0 Å². The number of aromatic amines is 1. The molecule has 140 valence electrons. The van der Waals surface area contributed by atoms with Crippen LogP contribution in [0, 0.1) is 0 Å². The fourth-order valence-electron chi connectivity index (χ4n) is 3.86. The lowest BCUT2D eigenvalue weighted by Crippen LogP contribution is -2.92. The third-order valence-electron chi connectivity index (χ3n) is 5.44. The first-order valence-electron chi connectivity index (χ1n) is 9.47. The van der Waals surface area contributed by atoms with Crippen molar-refractivity contribution in [2.75, 3.05) is 32.1 Å². The average molecular weight is 364 g/mol. The lowest BCUT2D eigenvalue weighted by Gasteiger charge is -2.19. The first kappa shape index (κ1) is 17.6. The molecule has 0 saturated carbocycles. The van der Waals surface area contributed by atoms with E-state index in [1.807, 2.05) is 20.2 Å². The van der Waals surface area contributed by atoms with Crippen LogP contribution >= 0.6 is 0 Å². The van der Waals surface area contributed by atoms with Crippen LogP contribution in [0.1, 0.15) is 23.5 Å². The van der Waals surface area contributed by atoms with Crippen LogP contribution in [-0.4, -0.2) is 44.2 Å². The lowest BCUT2D eigenvalue weighted by molar-refractivity contribution is -0.677. The highest BCUT2D eigenvalue weighted by Crippen LogP contribution is 2.31. The number of anilines is 1. The number of benzene rings is 2. The zero-order valence-corrected chi connectivity index (χ0v) is 15.8. The fraction of sp³-hybridized carbons (Fsp3) is 0.318. The molecule has 27 heavy (non-hydrogen) atoms. The van der Waals surface area contributed by atoms with Crippen LogP contribution in [0.4, 0.5) is 5.69 Å². The molecule has 0 spiro atoms. The first-order valence-corrected chi connectivity index (χ1v) is 9.47. The number of rotatable bonds is 6. The number of carbonyl (C=O) groups is 1. The van der Waals surface area contributed by atoms with E-state index < -0.39 is 0 Å². The number of nitrogens with zero attached hydrogens (tertiary/aromatic N) is 1. The third kappa shape index (κ3) is 3.55. The molecule has 5 nitrogen and oxygen atoms in total.